The van der Waals surface area contributed by atoms with E-state index in [0.29, 0.717) is 12.6 Å². The fourth-order valence-corrected chi connectivity index (χ4v) is 1.74. The number of carbonyl (C=O) groups excluding carboxylic acids is 1. The fourth-order valence-electron chi connectivity index (χ4n) is 1.74. The third-order valence-electron chi connectivity index (χ3n) is 2.59. The smallest absolute Gasteiger partial charge is 0.354 e. The van der Waals surface area contributed by atoms with Crippen molar-refractivity contribution >= 4 is 5.91 Å². The minimum absolute atomic E-state index is 0.0371. The largest absolute Gasteiger partial charge is 0.416 e. The molecule has 0 aromatic heterocycles. The topological polar surface area (TPSA) is 41.1 Å². The van der Waals surface area contributed by atoms with E-state index in [-0.39, 0.29) is 30.5 Å². The van der Waals surface area contributed by atoms with E-state index in [9.17, 15) is 22.4 Å². The number of carbonyl (C=O) groups is 1. The van der Waals surface area contributed by atoms with Crippen molar-refractivity contribution in [1.29, 1.82) is 0 Å². The van der Waals surface area contributed by atoms with Crippen LogP contribution in [-0.4, -0.2) is 18.5 Å². The highest BCUT2D eigenvalue weighted by atomic mass is 19.4. The van der Waals surface area contributed by atoms with Gasteiger partial charge in [-0.2, -0.15) is 13.2 Å². The van der Waals surface area contributed by atoms with Crippen molar-refractivity contribution in [3.63, 3.8) is 0 Å². The number of rotatable bonds is 6. The number of amides is 1. The lowest BCUT2D eigenvalue weighted by molar-refractivity contribution is -0.137. The van der Waals surface area contributed by atoms with Gasteiger partial charge in [-0.25, -0.2) is 4.39 Å². The van der Waals surface area contributed by atoms with E-state index < -0.39 is 17.6 Å². The van der Waals surface area contributed by atoms with Gasteiger partial charge in [0.05, 0.1) is 5.56 Å². The first-order valence-corrected chi connectivity index (χ1v) is 6.55. The van der Waals surface area contributed by atoms with Crippen molar-refractivity contribution in [2.75, 3.05) is 6.54 Å². The van der Waals surface area contributed by atoms with E-state index in [1.165, 1.54) is 0 Å². The summed E-state index contributed by atoms with van der Waals surface area (Å²) in [4.78, 5) is 11.3. The molecule has 0 bridgehead atoms. The minimum atomic E-state index is -4.58. The summed E-state index contributed by atoms with van der Waals surface area (Å²) in [6.45, 7) is 4.03. The van der Waals surface area contributed by atoms with E-state index in [1.54, 1.807) is 0 Å². The summed E-state index contributed by atoms with van der Waals surface area (Å²) >= 11 is 0. The summed E-state index contributed by atoms with van der Waals surface area (Å²) < 4.78 is 50.7. The molecule has 0 aliphatic carbocycles. The maximum Gasteiger partial charge on any atom is 0.416 e. The van der Waals surface area contributed by atoms with Crippen LogP contribution in [0, 0.1) is 5.82 Å². The van der Waals surface area contributed by atoms with Gasteiger partial charge in [-0.1, -0.05) is 0 Å². The van der Waals surface area contributed by atoms with Crippen LogP contribution in [0.3, 0.4) is 0 Å². The predicted octanol–water partition coefficient (Wildman–Crippen LogP) is 2.85. The lowest BCUT2D eigenvalue weighted by atomic mass is 10.1. The highest BCUT2D eigenvalue weighted by molar-refractivity contribution is 5.76. The molecule has 0 atom stereocenters. The minimum Gasteiger partial charge on any atom is -0.354 e. The monoisotopic (exact) mass is 306 g/mol. The van der Waals surface area contributed by atoms with E-state index in [2.05, 4.69) is 10.6 Å². The molecule has 0 radical (unpaired) electrons. The van der Waals surface area contributed by atoms with Crippen molar-refractivity contribution in [1.82, 2.24) is 10.6 Å². The maximum absolute atomic E-state index is 13.1. The second-order valence-corrected chi connectivity index (χ2v) is 4.99. The van der Waals surface area contributed by atoms with Crippen LogP contribution in [-0.2, 0) is 17.5 Å². The van der Waals surface area contributed by atoms with Gasteiger partial charge in [0, 0.05) is 25.6 Å². The normalized spacial score (nSPS) is 11.8. The Balaban J connectivity index is 2.49. The Morgan fingerprint density at radius 1 is 1.24 bits per heavy atom. The summed E-state index contributed by atoms with van der Waals surface area (Å²) in [5.41, 5.74) is -0.830. The summed E-state index contributed by atoms with van der Waals surface area (Å²) in [6, 6.07) is 2.43. The molecular formula is C14H18F4N2O. The molecule has 0 saturated heterocycles. The van der Waals surface area contributed by atoms with Gasteiger partial charge in [-0.15, -0.1) is 0 Å². The second-order valence-electron chi connectivity index (χ2n) is 4.99. The quantitative estimate of drug-likeness (QED) is 0.627. The molecule has 0 aliphatic rings. The van der Waals surface area contributed by atoms with Crippen LogP contribution < -0.4 is 10.6 Å². The summed E-state index contributed by atoms with van der Waals surface area (Å²) in [5.74, 6) is -1.08. The van der Waals surface area contributed by atoms with E-state index in [4.69, 9.17) is 0 Å². The van der Waals surface area contributed by atoms with Crippen LogP contribution in [0.2, 0.25) is 0 Å². The number of hydrogen-bond acceptors (Lipinski definition) is 2. The zero-order chi connectivity index (χ0) is 16.0. The molecule has 0 saturated carbocycles. The third kappa shape index (κ3) is 6.57. The predicted molar refractivity (Wildman–Crippen MR) is 71.0 cm³/mol. The van der Waals surface area contributed by atoms with Gasteiger partial charge in [-0.3, -0.25) is 4.79 Å². The molecule has 3 nitrogen and oxygen atoms in total. The average Bonchev–Trinajstić information content (AvgIpc) is 2.32. The van der Waals surface area contributed by atoms with Gasteiger partial charge in [0.1, 0.15) is 5.82 Å². The standard InChI is InChI=1S/C14H18F4N2O/c1-9(2)20-13(21)3-4-19-8-10-5-11(14(16,17)18)7-12(15)6-10/h5-7,9,19H,3-4,8H2,1-2H3,(H,20,21). The van der Waals surface area contributed by atoms with Crippen LogP contribution in [0.4, 0.5) is 17.6 Å². The molecule has 1 aromatic rings. The first kappa shape index (κ1) is 17.4. The highest BCUT2D eigenvalue weighted by Crippen LogP contribution is 2.30. The van der Waals surface area contributed by atoms with Gasteiger partial charge < -0.3 is 10.6 Å². The number of nitrogens with one attached hydrogen (secondary N) is 2. The molecule has 0 fully saturated rings. The van der Waals surface area contributed by atoms with Crippen LogP contribution in [0.5, 0.6) is 0 Å². The number of alkyl halides is 3. The molecule has 21 heavy (non-hydrogen) atoms. The van der Waals surface area contributed by atoms with Crippen molar-refractivity contribution in [2.45, 2.75) is 39.0 Å². The molecule has 2 N–H and O–H groups in total. The molecule has 0 heterocycles. The first-order valence-electron chi connectivity index (χ1n) is 6.55. The van der Waals surface area contributed by atoms with Crippen molar-refractivity contribution in [3.8, 4) is 0 Å². The number of benzene rings is 1. The SMILES string of the molecule is CC(C)NC(=O)CCNCc1cc(F)cc(C(F)(F)F)c1. The highest BCUT2D eigenvalue weighted by Gasteiger charge is 2.31. The van der Waals surface area contributed by atoms with E-state index in [1.807, 2.05) is 13.8 Å². The van der Waals surface area contributed by atoms with Crippen molar-refractivity contribution in [3.05, 3.63) is 35.1 Å². The number of halogens is 4. The zero-order valence-corrected chi connectivity index (χ0v) is 11.9. The maximum atomic E-state index is 13.1. The van der Waals surface area contributed by atoms with Crippen LogP contribution in [0.15, 0.2) is 18.2 Å². The van der Waals surface area contributed by atoms with Crippen LogP contribution in [0.25, 0.3) is 0 Å². The Morgan fingerprint density at radius 2 is 1.90 bits per heavy atom. The van der Waals surface area contributed by atoms with Gasteiger partial charge >= 0.3 is 6.18 Å². The van der Waals surface area contributed by atoms with Crippen LogP contribution >= 0.6 is 0 Å². The second kappa shape index (κ2) is 7.40. The summed E-state index contributed by atoms with van der Waals surface area (Å²) in [5, 5.41) is 5.51. The molecule has 1 rings (SSSR count). The van der Waals surface area contributed by atoms with E-state index in [0.717, 1.165) is 12.1 Å². The lowest BCUT2D eigenvalue weighted by Crippen LogP contribution is -2.32. The summed E-state index contributed by atoms with van der Waals surface area (Å²) in [7, 11) is 0. The Bertz CT molecular complexity index is 486. The van der Waals surface area contributed by atoms with Gasteiger partial charge in [0.25, 0.3) is 0 Å². The molecule has 1 amide bonds. The first-order chi connectivity index (χ1) is 9.68. The molecule has 1 aromatic carbocycles. The molecule has 0 aliphatic heterocycles. The Kier molecular flexibility index (Phi) is 6.14. The van der Waals surface area contributed by atoms with E-state index >= 15 is 0 Å². The number of hydrogen-bond donors (Lipinski definition) is 2. The fraction of sp³-hybridized carbons (Fsp3) is 0.500. The molecule has 7 heteroatoms. The summed E-state index contributed by atoms with van der Waals surface area (Å²) in [6.07, 6.45) is -4.37. The Morgan fingerprint density at radius 3 is 2.48 bits per heavy atom. The van der Waals surface area contributed by atoms with Crippen molar-refractivity contribution in [2.24, 2.45) is 0 Å². The van der Waals surface area contributed by atoms with Crippen LogP contribution in [0.1, 0.15) is 31.4 Å². The van der Waals surface area contributed by atoms with Gasteiger partial charge in [0.15, 0.2) is 0 Å². The van der Waals surface area contributed by atoms with Gasteiger partial charge in [0.2, 0.25) is 5.91 Å². The molecule has 0 spiro atoms. The molecule has 0 unspecified atom stereocenters. The average molecular weight is 306 g/mol. The molecular weight excluding hydrogens is 288 g/mol. The van der Waals surface area contributed by atoms with Gasteiger partial charge in [-0.05, 0) is 37.6 Å². The third-order valence-corrected chi connectivity index (χ3v) is 2.59. The Hall–Kier alpha value is -1.63. The lowest BCUT2D eigenvalue weighted by Gasteiger charge is -2.11. The zero-order valence-electron chi connectivity index (χ0n) is 11.9. The Labute approximate surface area is 120 Å². The molecule has 118 valence electrons. The van der Waals surface area contributed by atoms with Crippen molar-refractivity contribution < 1.29 is 22.4 Å².